The molecule has 0 spiro atoms. The highest BCUT2D eigenvalue weighted by Gasteiger charge is 2.42. The Morgan fingerprint density at radius 2 is 1.90 bits per heavy atom. The number of nitrogens with one attached hydrogen (secondary N) is 1. The maximum absolute atomic E-state index is 11.3. The maximum Gasteiger partial charge on any atom is 0.293 e. The van der Waals surface area contributed by atoms with Crippen molar-refractivity contribution in [3.05, 3.63) is 33.9 Å². The van der Waals surface area contributed by atoms with Crippen LogP contribution in [0.3, 0.4) is 0 Å². The highest BCUT2D eigenvalue weighted by Crippen LogP contribution is 2.52. The van der Waals surface area contributed by atoms with Crippen molar-refractivity contribution in [2.45, 2.75) is 50.9 Å². The molecular weight excluding hydrogens is 268 g/mol. The summed E-state index contributed by atoms with van der Waals surface area (Å²) in [6, 6.07) is 5.32. The summed E-state index contributed by atoms with van der Waals surface area (Å²) >= 11 is 0. The SMILES string of the molecule is CC(=O)Nc1ccc(C23CCC(CC2)CC3)cc1[N+](=O)[O-]. The van der Waals surface area contributed by atoms with E-state index in [4.69, 9.17) is 0 Å². The van der Waals surface area contributed by atoms with Crippen molar-refractivity contribution in [2.75, 3.05) is 5.32 Å². The van der Waals surface area contributed by atoms with Gasteiger partial charge in [0.25, 0.3) is 5.69 Å². The Labute approximate surface area is 123 Å². The fourth-order valence-electron chi connectivity index (χ4n) is 3.99. The molecule has 3 saturated carbocycles. The lowest BCUT2D eigenvalue weighted by atomic mass is 9.58. The van der Waals surface area contributed by atoms with E-state index in [2.05, 4.69) is 5.32 Å². The molecule has 3 fully saturated rings. The van der Waals surface area contributed by atoms with Crippen molar-refractivity contribution in [2.24, 2.45) is 5.92 Å². The predicted molar refractivity (Wildman–Crippen MR) is 80.3 cm³/mol. The zero-order chi connectivity index (χ0) is 15.0. The molecular formula is C16H20N2O3. The number of rotatable bonds is 3. The Bertz CT molecular complexity index is 575. The minimum absolute atomic E-state index is 0.00442. The van der Waals surface area contributed by atoms with Gasteiger partial charge in [0.15, 0.2) is 0 Å². The molecule has 0 atom stereocenters. The van der Waals surface area contributed by atoms with Gasteiger partial charge in [-0.3, -0.25) is 14.9 Å². The fourth-order valence-corrected chi connectivity index (χ4v) is 3.99. The number of amides is 1. The topological polar surface area (TPSA) is 72.2 Å². The first-order chi connectivity index (χ1) is 10.00. The molecule has 0 unspecified atom stereocenters. The Balaban J connectivity index is 1.98. The van der Waals surface area contributed by atoms with Gasteiger partial charge in [0.1, 0.15) is 5.69 Å². The van der Waals surface area contributed by atoms with Crippen LogP contribution in [0.1, 0.15) is 51.0 Å². The summed E-state index contributed by atoms with van der Waals surface area (Å²) in [5.41, 5.74) is 1.48. The highest BCUT2D eigenvalue weighted by molar-refractivity contribution is 5.91. The van der Waals surface area contributed by atoms with Crippen LogP contribution in [0.4, 0.5) is 11.4 Å². The zero-order valence-electron chi connectivity index (χ0n) is 12.2. The van der Waals surface area contributed by atoms with E-state index in [1.165, 1.54) is 26.2 Å². The Hall–Kier alpha value is -1.91. The number of fused-ring (bicyclic) bond motifs is 3. The number of nitrogens with zero attached hydrogens (tertiary/aromatic N) is 1. The van der Waals surface area contributed by atoms with Crippen LogP contribution in [0, 0.1) is 16.0 Å². The molecule has 0 radical (unpaired) electrons. The van der Waals surface area contributed by atoms with Crippen molar-refractivity contribution in [3.63, 3.8) is 0 Å². The Morgan fingerprint density at radius 1 is 1.29 bits per heavy atom. The number of carbonyl (C=O) groups is 1. The molecule has 1 aromatic carbocycles. The van der Waals surface area contributed by atoms with E-state index in [9.17, 15) is 14.9 Å². The molecule has 4 rings (SSSR count). The summed E-state index contributed by atoms with van der Waals surface area (Å²) in [6.07, 6.45) is 7.11. The summed E-state index contributed by atoms with van der Waals surface area (Å²) in [5.74, 6) is 0.572. The van der Waals surface area contributed by atoms with Crippen molar-refractivity contribution in [3.8, 4) is 0 Å². The number of hydrogen-bond acceptors (Lipinski definition) is 3. The van der Waals surface area contributed by atoms with Gasteiger partial charge in [0, 0.05) is 13.0 Å². The van der Waals surface area contributed by atoms with E-state index in [0.29, 0.717) is 0 Å². The van der Waals surface area contributed by atoms with E-state index in [-0.39, 0.29) is 22.7 Å². The van der Waals surface area contributed by atoms with Crippen molar-refractivity contribution >= 4 is 17.3 Å². The van der Waals surface area contributed by atoms with Gasteiger partial charge < -0.3 is 5.32 Å². The first-order valence-corrected chi connectivity index (χ1v) is 7.57. The molecule has 3 aliphatic rings. The lowest BCUT2D eigenvalue weighted by Crippen LogP contribution is -2.37. The first-order valence-electron chi connectivity index (χ1n) is 7.57. The van der Waals surface area contributed by atoms with Crippen LogP contribution in [0.2, 0.25) is 0 Å². The van der Waals surface area contributed by atoms with Crippen LogP contribution in [0.25, 0.3) is 0 Å². The lowest BCUT2D eigenvalue weighted by Gasteiger charge is -2.47. The largest absolute Gasteiger partial charge is 0.321 e. The summed E-state index contributed by atoms with van der Waals surface area (Å²) < 4.78 is 0. The third-order valence-electron chi connectivity index (χ3n) is 5.21. The number of hydrogen-bond donors (Lipinski definition) is 1. The van der Waals surface area contributed by atoms with Crippen LogP contribution in [0.15, 0.2) is 18.2 Å². The molecule has 5 heteroatoms. The maximum atomic E-state index is 11.3. The third kappa shape index (κ3) is 2.52. The van der Waals surface area contributed by atoms with Gasteiger partial charge in [-0.1, -0.05) is 6.07 Å². The highest BCUT2D eigenvalue weighted by atomic mass is 16.6. The number of nitro groups is 1. The first kappa shape index (κ1) is 14.0. The van der Waals surface area contributed by atoms with Crippen molar-refractivity contribution in [1.29, 1.82) is 0 Å². The molecule has 1 aromatic rings. The minimum Gasteiger partial charge on any atom is -0.321 e. The number of carbonyl (C=O) groups excluding carboxylic acids is 1. The van der Waals surface area contributed by atoms with Crippen LogP contribution in [-0.2, 0) is 10.2 Å². The molecule has 3 aliphatic carbocycles. The average molecular weight is 288 g/mol. The second-order valence-corrected chi connectivity index (χ2v) is 6.43. The molecule has 2 bridgehead atoms. The third-order valence-corrected chi connectivity index (χ3v) is 5.21. The molecule has 1 N–H and O–H groups in total. The summed E-state index contributed by atoms with van der Waals surface area (Å²) in [7, 11) is 0. The fraction of sp³-hybridized carbons (Fsp3) is 0.562. The molecule has 0 aliphatic heterocycles. The summed E-state index contributed by atoms with van der Waals surface area (Å²) in [5, 5.41) is 13.8. The van der Waals surface area contributed by atoms with E-state index in [1.807, 2.05) is 6.07 Å². The monoisotopic (exact) mass is 288 g/mol. The molecule has 0 aromatic heterocycles. The van der Waals surface area contributed by atoms with Crippen LogP contribution in [-0.4, -0.2) is 10.8 Å². The number of anilines is 1. The molecule has 5 nitrogen and oxygen atoms in total. The van der Waals surface area contributed by atoms with Gasteiger partial charge in [-0.15, -0.1) is 0 Å². The van der Waals surface area contributed by atoms with Gasteiger partial charge >= 0.3 is 0 Å². The number of nitro benzene ring substituents is 1. The second-order valence-electron chi connectivity index (χ2n) is 6.43. The zero-order valence-corrected chi connectivity index (χ0v) is 12.2. The van der Waals surface area contributed by atoms with Crippen LogP contribution < -0.4 is 5.32 Å². The molecule has 112 valence electrons. The second kappa shape index (κ2) is 5.13. The van der Waals surface area contributed by atoms with E-state index in [1.54, 1.807) is 12.1 Å². The van der Waals surface area contributed by atoms with Crippen LogP contribution in [0.5, 0.6) is 0 Å². The average Bonchev–Trinajstić information content (AvgIpc) is 2.48. The minimum atomic E-state index is -0.403. The van der Waals surface area contributed by atoms with Crippen LogP contribution >= 0.6 is 0 Å². The van der Waals surface area contributed by atoms with Gasteiger partial charge in [0.2, 0.25) is 5.91 Å². The summed E-state index contributed by atoms with van der Waals surface area (Å²) in [4.78, 5) is 22.1. The summed E-state index contributed by atoms with van der Waals surface area (Å²) in [6.45, 7) is 1.36. The molecule has 21 heavy (non-hydrogen) atoms. The Morgan fingerprint density at radius 3 is 2.43 bits per heavy atom. The van der Waals surface area contributed by atoms with Gasteiger partial charge in [-0.2, -0.15) is 0 Å². The van der Waals surface area contributed by atoms with Gasteiger partial charge in [-0.05, 0) is 61.5 Å². The van der Waals surface area contributed by atoms with Gasteiger partial charge in [0.05, 0.1) is 4.92 Å². The number of benzene rings is 1. The van der Waals surface area contributed by atoms with Crippen molar-refractivity contribution in [1.82, 2.24) is 0 Å². The molecule has 0 saturated heterocycles. The standard InChI is InChI=1S/C16H20N2O3/c1-11(19)17-14-3-2-13(10-15(14)18(20)21)16-7-4-12(5-8-16)6-9-16/h2-3,10,12H,4-9H2,1H3,(H,17,19). The Kier molecular flexibility index (Phi) is 3.43. The smallest absolute Gasteiger partial charge is 0.293 e. The van der Waals surface area contributed by atoms with E-state index < -0.39 is 4.92 Å². The predicted octanol–water partition coefficient (Wildman–Crippen LogP) is 3.78. The van der Waals surface area contributed by atoms with E-state index in [0.717, 1.165) is 30.7 Å². The molecule has 0 heterocycles. The lowest BCUT2D eigenvalue weighted by molar-refractivity contribution is -0.384. The van der Waals surface area contributed by atoms with Crippen molar-refractivity contribution < 1.29 is 9.72 Å². The molecule has 1 amide bonds. The van der Waals surface area contributed by atoms with E-state index >= 15 is 0 Å². The normalized spacial score (nSPS) is 27.4. The van der Waals surface area contributed by atoms with Gasteiger partial charge in [-0.25, -0.2) is 0 Å². The quantitative estimate of drug-likeness (QED) is 0.679.